The highest BCUT2D eigenvalue weighted by Crippen LogP contribution is 2.17. The van der Waals surface area contributed by atoms with Crippen molar-refractivity contribution >= 4 is 11.8 Å². The molecule has 1 aliphatic heterocycles. The van der Waals surface area contributed by atoms with Crippen LogP contribution in [0, 0.1) is 0 Å². The summed E-state index contributed by atoms with van der Waals surface area (Å²) in [7, 11) is 1.62. The van der Waals surface area contributed by atoms with Gasteiger partial charge in [0.05, 0.1) is 6.04 Å². The Hall–Kier alpha value is -2.67. The molecular weight excluding hydrogens is 318 g/mol. The van der Waals surface area contributed by atoms with Crippen molar-refractivity contribution in [1.29, 1.82) is 0 Å². The van der Waals surface area contributed by atoms with E-state index in [1.54, 1.807) is 13.2 Å². The highest BCUT2D eigenvalue weighted by Gasteiger charge is 2.21. The molecule has 0 bridgehead atoms. The summed E-state index contributed by atoms with van der Waals surface area (Å²) in [5.41, 5.74) is 0.701. The van der Waals surface area contributed by atoms with Crippen LogP contribution in [0.25, 0.3) is 0 Å². The maximum Gasteiger partial charge on any atom is 0.321 e. The smallest absolute Gasteiger partial charge is 0.321 e. The van der Waals surface area contributed by atoms with E-state index in [0.717, 1.165) is 25.2 Å². The molecule has 0 spiro atoms. The fourth-order valence-electron chi connectivity index (χ4n) is 3.03. The van der Waals surface area contributed by atoms with Crippen LogP contribution >= 0.6 is 0 Å². The average Bonchev–Trinajstić information content (AvgIpc) is 3.12. The Morgan fingerprint density at radius 2 is 1.96 bits per heavy atom. The lowest BCUT2D eigenvalue weighted by Gasteiger charge is -2.25. The molecule has 1 aliphatic rings. The second-order valence-electron chi connectivity index (χ2n) is 6.26. The van der Waals surface area contributed by atoms with Gasteiger partial charge in [-0.05, 0) is 31.5 Å². The van der Waals surface area contributed by atoms with Gasteiger partial charge in [-0.3, -0.25) is 10.1 Å². The van der Waals surface area contributed by atoms with Gasteiger partial charge in [-0.25, -0.2) is 9.78 Å². The van der Waals surface area contributed by atoms with E-state index in [-0.39, 0.29) is 17.4 Å². The average molecular weight is 341 g/mol. The van der Waals surface area contributed by atoms with Gasteiger partial charge in [0.2, 0.25) is 5.82 Å². The number of rotatable bonds is 5. The zero-order valence-electron chi connectivity index (χ0n) is 14.3. The summed E-state index contributed by atoms with van der Waals surface area (Å²) >= 11 is 0. The first-order valence-corrected chi connectivity index (χ1v) is 8.50. The summed E-state index contributed by atoms with van der Waals surface area (Å²) in [5, 5.41) is 5.54. The number of anilines is 1. The standard InChI is InChI=1S/C18H23N5O2/c1-22-12-9-19-16(17(22)24)21-18(25)20-15(13-23-10-5-6-11-23)14-7-3-2-4-8-14/h2-4,7-9,12,15H,5-6,10-11,13H2,1H3,(H2,19,20,21,25)/t15-/m1/s1. The molecule has 1 fully saturated rings. The van der Waals surface area contributed by atoms with Gasteiger partial charge in [0.15, 0.2) is 0 Å². The van der Waals surface area contributed by atoms with Crippen molar-refractivity contribution in [3.05, 3.63) is 58.6 Å². The molecule has 2 heterocycles. The Labute approximate surface area is 146 Å². The number of amides is 2. The van der Waals surface area contributed by atoms with Crippen LogP contribution in [0.3, 0.4) is 0 Å². The molecule has 1 aromatic carbocycles. The van der Waals surface area contributed by atoms with Crippen LogP contribution in [0.5, 0.6) is 0 Å². The van der Waals surface area contributed by atoms with E-state index in [2.05, 4.69) is 20.5 Å². The molecule has 1 atom stereocenters. The minimum absolute atomic E-state index is 0.0236. The molecule has 0 aliphatic carbocycles. The number of hydrogen-bond acceptors (Lipinski definition) is 4. The summed E-state index contributed by atoms with van der Waals surface area (Å²) in [6.07, 6.45) is 5.41. The number of aromatic nitrogens is 2. The van der Waals surface area contributed by atoms with Gasteiger partial charge in [-0.2, -0.15) is 0 Å². The largest absolute Gasteiger partial charge is 0.330 e. The number of carbonyl (C=O) groups is 1. The monoisotopic (exact) mass is 341 g/mol. The van der Waals surface area contributed by atoms with Crippen molar-refractivity contribution < 1.29 is 4.79 Å². The number of urea groups is 1. The maximum absolute atomic E-state index is 12.4. The van der Waals surface area contributed by atoms with Crippen LogP contribution in [-0.4, -0.2) is 40.1 Å². The minimum atomic E-state index is -0.427. The Bertz CT molecular complexity index is 769. The lowest BCUT2D eigenvalue weighted by molar-refractivity contribution is 0.240. The SMILES string of the molecule is Cn1ccnc(NC(=O)N[C@H](CN2CCCC2)c2ccccc2)c1=O. The predicted molar refractivity (Wildman–Crippen MR) is 96.5 cm³/mol. The number of likely N-dealkylation sites (tertiary alicyclic amines) is 1. The zero-order valence-corrected chi connectivity index (χ0v) is 14.3. The van der Waals surface area contributed by atoms with Crippen LogP contribution < -0.4 is 16.2 Å². The summed E-state index contributed by atoms with van der Waals surface area (Å²) in [6.45, 7) is 2.85. The van der Waals surface area contributed by atoms with E-state index < -0.39 is 6.03 Å². The number of nitrogens with zero attached hydrogens (tertiary/aromatic N) is 3. The molecule has 7 heteroatoms. The third-order valence-electron chi connectivity index (χ3n) is 4.40. The minimum Gasteiger partial charge on any atom is -0.330 e. The third kappa shape index (κ3) is 4.45. The highest BCUT2D eigenvalue weighted by molar-refractivity contribution is 5.88. The van der Waals surface area contributed by atoms with Crippen LogP contribution in [-0.2, 0) is 7.05 Å². The Kier molecular flexibility index (Phi) is 5.45. The fraction of sp³-hybridized carbons (Fsp3) is 0.389. The van der Waals surface area contributed by atoms with Gasteiger partial charge in [0.1, 0.15) is 0 Å². The van der Waals surface area contributed by atoms with Gasteiger partial charge in [-0.15, -0.1) is 0 Å². The molecule has 3 rings (SSSR count). The molecular formula is C18H23N5O2. The van der Waals surface area contributed by atoms with E-state index in [4.69, 9.17) is 0 Å². The normalized spacial score (nSPS) is 15.7. The number of nitrogens with one attached hydrogen (secondary N) is 2. The second-order valence-corrected chi connectivity index (χ2v) is 6.26. The summed E-state index contributed by atoms with van der Waals surface area (Å²) < 4.78 is 1.38. The summed E-state index contributed by atoms with van der Waals surface area (Å²) in [4.78, 5) is 30.7. The number of carbonyl (C=O) groups excluding carboxylic acids is 1. The molecule has 1 saturated heterocycles. The number of aryl methyl sites for hydroxylation is 1. The number of hydrogen-bond donors (Lipinski definition) is 2. The van der Waals surface area contributed by atoms with Crippen molar-refractivity contribution in [1.82, 2.24) is 19.8 Å². The van der Waals surface area contributed by atoms with E-state index in [9.17, 15) is 9.59 Å². The molecule has 0 saturated carbocycles. The van der Waals surface area contributed by atoms with Crippen LogP contribution in [0.1, 0.15) is 24.4 Å². The van der Waals surface area contributed by atoms with Crippen LogP contribution in [0.4, 0.5) is 10.6 Å². The topological polar surface area (TPSA) is 79.3 Å². The Morgan fingerprint density at radius 3 is 2.68 bits per heavy atom. The first-order valence-electron chi connectivity index (χ1n) is 8.50. The molecule has 1 aromatic heterocycles. The van der Waals surface area contributed by atoms with Gasteiger partial charge in [-0.1, -0.05) is 30.3 Å². The van der Waals surface area contributed by atoms with E-state index in [1.165, 1.54) is 23.6 Å². The fourth-order valence-corrected chi connectivity index (χ4v) is 3.03. The zero-order chi connectivity index (χ0) is 17.6. The molecule has 2 aromatic rings. The van der Waals surface area contributed by atoms with E-state index in [1.807, 2.05) is 30.3 Å². The van der Waals surface area contributed by atoms with Crippen molar-refractivity contribution in [3.8, 4) is 0 Å². The molecule has 7 nitrogen and oxygen atoms in total. The van der Waals surface area contributed by atoms with Crippen molar-refractivity contribution in [2.75, 3.05) is 25.0 Å². The second kappa shape index (κ2) is 7.94. The summed E-state index contributed by atoms with van der Waals surface area (Å²) in [5.74, 6) is 0.0236. The van der Waals surface area contributed by atoms with Crippen LogP contribution in [0.15, 0.2) is 47.5 Å². The number of benzene rings is 1. The molecule has 132 valence electrons. The highest BCUT2D eigenvalue weighted by atomic mass is 16.2. The van der Waals surface area contributed by atoms with E-state index >= 15 is 0 Å². The molecule has 0 radical (unpaired) electrons. The quantitative estimate of drug-likeness (QED) is 0.868. The van der Waals surface area contributed by atoms with Crippen LogP contribution in [0.2, 0.25) is 0 Å². The third-order valence-corrected chi connectivity index (χ3v) is 4.40. The van der Waals surface area contributed by atoms with Gasteiger partial charge in [0, 0.05) is 26.0 Å². The van der Waals surface area contributed by atoms with Gasteiger partial charge >= 0.3 is 6.03 Å². The Balaban J connectivity index is 1.71. The van der Waals surface area contributed by atoms with Crippen molar-refractivity contribution in [2.24, 2.45) is 7.05 Å². The Morgan fingerprint density at radius 1 is 1.24 bits per heavy atom. The van der Waals surface area contributed by atoms with Gasteiger partial charge < -0.3 is 14.8 Å². The predicted octanol–water partition coefficient (Wildman–Crippen LogP) is 1.74. The molecule has 25 heavy (non-hydrogen) atoms. The lowest BCUT2D eigenvalue weighted by Crippen LogP contribution is -2.40. The lowest BCUT2D eigenvalue weighted by atomic mass is 10.1. The van der Waals surface area contributed by atoms with Crippen molar-refractivity contribution in [2.45, 2.75) is 18.9 Å². The van der Waals surface area contributed by atoms with E-state index in [0.29, 0.717) is 0 Å². The van der Waals surface area contributed by atoms with Crippen molar-refractivity contribution in [3.63, 3.8) is 0 Å². The first kappa shape index (κ1) is 17.2. The van der Waals surface area contributed by atoms with Gasteiger partial charge in [0.25, 0.3) is 5.56 Å². The maximum atomic E-state index is 12.4. The molecule has 2 N–H and O–H groups in total. The molecule has 0 unspecified atom stereocenters. The first-order chi connectivity index (χ1) is 12.1. The summed E-state index contributed by atoms with van der Waals surface area (Å²) in [6, 6.07) is 9.30. The molecule has 2 amide bonds.